The zero-order chi connectivity index (χ0) is 23.6. The van der Waals surface area contributed by atoms with Gasteiger partial charge in [-0.25, -0.2) is 8.78 Å². The largest absolute Gasteiger partial charge is 0.391 e. The van der Waals surface area contributed by atoms with Crippen LogP contribution >= 0.6 is 0 Å². The second-order valence-electron chi connectivity index (χ2n) is 9.69. The lowest BCUT2D eigenvalue weighted by Crippen LogP contribution is -2.44. The van der Waals surface area contributed by atoms with E-state index in [4.69, 9.17) is 0 Å². The highest BCUT2D eigenvalue weighted by Crippen LogP contribution is 2.52. The summed E-state index contributed by atoms with van der Waals surface area (Å²) in [4.78, 5) is 15.4. The van der Waals surface area contributed by atoms with Gasteiger partial charge in [0.05, 0.1) is 22.8 Å². The molecule has 1 unspecified atom stereocenters. The van der Waals surface area contributed by atoms with E-state index in [1.54, 1.807) is 11.0 Å². The van der Waals surface area contributed by atoms with E-state index in [1.165, 1.54) is 24.4 Å². The molecule has 174 valence electrons. The zero-order valence-electron chi connectivity index (χ0n) is 19.3. The van der Waals surface area contributed by atoms with Crippen LogP contribution in [0.3, 0.4) is 0 Å². The number of amides is 1. The van der Waals surface area contributed by atoms with Gasteiger partial charge in [-0.1, -0.05) is 46.4 Å². The Kier molecular flexibility index (Phi) is 7.28. The molecule has 5 nitrogen and oxygen atoms in total. The normalized spacial score (nSPS) is 31.1. The van der Waals surface area contributed by atoms with Crippen molar-refractivity contribution in [3.8, 4) is 0 Å². The van der Waals surface area contributed by atoms with E-state index in [1.807, 2.05) is 13.8 Å². The molecule has 1 amide bonds. The maximum Gasteiger partial charge on any atom is 0.229 e. The van der Waals surface area contributed by atoms with Crippen LogP contribution in [0.5, 0.6) is 0 Å². The van der Waals surface area contributed by atoms with Crippen molar-refractivity contribution >= 4 is 11.6 Å². The highest BCUT2D eigenvalue weighted by Gasteiger charge is 2.52. The predicted molar refractivity (Wildman–Crippen MR) is 120 cm³/mol. The van der Waals surface area contributed by atoms with Gasteiger partial charge >= 0.3 is 0 Å². The highest BCUT2D eigenvalue weighted by atomic mass is 19.1. The average Bonchev–Trinajstić information content (AvgIpc) is 3.25. The van der Waals surface area contributed by atoms with Crippen molar-refractivity contribution in [3.05, 3.63) is 54.3 Å². The van der Waals surface area contributed by atoms with Crippen molar-refractivity contribution in [1.82, 2.24) is 4.90 Å². The first kappa shape index (κ1) is 24.2. The summed E-state index contributed by atoms with van der Waals surface area (Å²) in [6.45, 7) is 12.4. The third-order valence-electron chi connectivity index (χ3n) is 7.20. The van der Waals surface area contributed by atoms with E-state index >= 15 is 0 Å². The van der Waals surface area contributed by atoms with Crippen LogP contribution in [0.2, 0.25) is 0 Å². The van der Waals surface area contributed by atoms with Gasteiger partial charge in [-0.15, -0.1) is 0 Å². The molecular weight excluding hydrogens is 412 g/mol. The lowest BCUT2D eigenvalue weighted by Gasteiger charge is -2.36. The second-order valence-corrected chi connectivity index (χ2v) is 9.69. The highest BCUT2D eigenvalue weighted by molar-refractivity contribution is 5.84. The number of hydrogen-bond acceptors (Lipinski definition) is 4. The fourth-order valence-electron chi connectivity index (χ4n) is 5.25. The van der Waals surface area contributed by atoms with E-state index in [0.717, 1.165) is 6.42 Å². The van der Waals surface area contributed by atoms with Gasteiger partial charge in [-0.3, -0.25) is 4.79 Å². The molecule has 2 fully saturated rings. The van der Waals surface area contributed by atoms with Gasteiger partial charge in [0.2, 0.25) is 5.91 Å². The number of azo groups is 1. The van der Waals surface area contributed by atoms with Crippen LogP contribution in [0, 0.1) is 40.7 Å². The SMILES string of the molecule is C=C/N=N\C(=C/C1[C@H](C(C)C)CC[C@]1(C)C(=O)N1C[C@H](C)[C@@H](O)C1)c1c(F)cccc1F. The van der Waals surface area contributed by atoms with Crippen LogP contribution in [-0.2, 0) is 4.79 Å². The fourth-order valence-corrected chi connectivity index (χ4v) is 5.25. The number of hydrogen-bond donors (Lipinski definition) is 1. The number of nitrogens with zero attached hydrogens (tertiary/aromatic N) is 3. The van der Waals surface area contributed by atoms with Crippen molar-refractivity contribution in [2.45, 2.75) is 46.6 Å². The van der Waals surface area contributed by atoms with E-state index in [-0.39, 0.29) is 40.8 Å². The van der Waals surface area contributed by atoms with Crippen molar-refractivity contribution in [3.63, 3.8) is 0 Å². The van der Waals surface area contributed by atoms with E-state index in [0.29, 0.717) is 19.5 Å². The van der Waals surface area contributed by atoms with Crippen molar-refractivity contribution in [1.29, 1.82) is 0 Å². The Balaban J connectivity index is 2.09. The number of likely N-dealkylation sites (tertiary alicyclic amines) is 1. The maximum atomic E-state index is 14.6. The number of carbonyl (C=O) groups excluding carboxylic acids is 1. The Labute approximate surface area is 188 Å². The molecule has 1 aliphatic heterocycles. The zero-order valence-corrected chi connectivity index (χ0v) is 19.3. The van der Waals surface area contributed by atoms with Gasteiger partial charge in [0.25, 0.3) is 0 Å². The number of halogens is 2. The number of allylic oxidation sites excluding steroid dienone is 1. The van der Waals surface area contributed by atoms with Crippen LogP contribution in [0.25, 0.3) is 5.70 Å². The Hall–Kier alpha value is -2.41. The van der Waals surface area contributed by atoms with Gasteiger partial charge in [-0.05, 0) is 42.7 Å². The third kappa shape index (κ3) is 4.53. The lowest BCUT2D eigenvalue weighted by molar-refractivity contribution is -0.142. The standard InChI is InChI=1S/C25H33F2N3O2/c1-6-28-29-21(23-19(26)8-7-9-20(23)27)12-18-17(15(2)3)10-11-25(18,5)24(32)30-13-16(4)22(31)14-30/h6-9,12,15-18,22,31H,1,10-11,13-14H2,2-5H3/b21-12-,29-28-/t16-,17-,18?,22-,25-/m0/s1. The van der Waals surface area contributed by atoms with Gasteiger partial charge < -0.3 is 10.0 Å². The molecule has 0 aromatic heterocycles. The minimum atomic E-state index is -0.768. The summed E-state index contributed by atoms with van der Waals surface area (Å²) in [5, 5.41) is 18.0. The molecule has 0 spiro atoms. The van der Waals surface area contributed by atoms with E-state index < -0.39 is 23.2 Å². The van der Waals surface area contributed by atoms with Gasteiger partial charge in [-0.2, -0.15) is 10.2 Å². The smallest absolute Gasteiger partial charge is 0.229 e. The molecule has 1 aliphatic carbocycles. The van der Waals surface area contributed by atoms with Gasteiger partial charge in [0.1, 0.15) is 11.6 Å². The molecule has 1 N–H and O–H groups in total. The molecule has 1 aromatic rings. The quantitative estimate of drug-likeness (QED) is 0.594. The Morgan fingerprint density at radius 1 is 1.31 bits per heavy atom. The molecule has 32 heavy (non-hydrogen) atoms. The molecule has 5 atom stereocenters. The Morgan fingerprint density at radius 3 is 2.50 bits per heavy atom. The number of β-amino-alcohol motifs (C(OH)–C–C–N with tert-alkyl or cyclic N) is 1. The van der Waals surface area contributed by atoms with Crippen LogP contribution in [-0.4, -0.2) is 35.1 Å². The topological polar surface area (TPSA) is 65.3 Å². The molecule has 1 aromatic carbocycles. The minimum absolute atomic E-state index is 0.0169. The molecule has 1 saturated carbocycles. The van der Waals surface area contributed by atoms with Crippen LogP contribution in [0.1, 0.15) is 46.1 Å². The van der Waals surface area contributed by atoms with Crippen LogP contribution < -0.4 is 0 Å². The molecule has 1 heterocycles. The summed E-state index contributed by atoms with van der Waals surface area (Å²) < 4.78 is 29.3. The molecule has 2 aliphatic rings. The first-order valence-electron chi connectivity index (χ1n) is 11.3. The van der Waals surface area contributed by atoms with Crippen molar-refractivity contribution in [2.24, 2.45) is 39.3 Å². The first-order chi connectivity index (χ1) is 15.1. The molecule has 1 saturated heterocycles. The predicted octanol–water partition coefficient (Wildman–Crippen LogP) is 5.43. The Bertz CT molecular complexity index is 900. The summed E-state index contributed by atoms with van der Waals surface area (Å²) in [6, 6.07) is 3.67. The van der Waals surface area contributed by atoms with E-state index in [9.17, 15) is 18.7 Å². The third-order valence-corrected chi connectivity index (χ3v) is 7.20. The lowest BCUT2D eigenvalue weighted by atomic mass is 9.72. The fraction of sp³-hybridized carbons (Fsp3) is 0.560. The number of aliphatic hydroxyl groups is 1. The summed E-state index contributed by atoms with van der Waals surface area (Å²) in [5.41, 5.74) is -0.963. The summed E-state index contributed by atoms with van der Waals surface area (Å²) >= 11 is 0. The minimum Gasteiger partial charge on any atom is -0.391 e. The van der Waals surface area contributed by atoms with Crippen LogP contribution in [0.4, 0.5) is 8.78 Å². The maximum absolute atomic E-state index is 14.6. The van der Waals surface area contributed by atoms with Gasteiger partial charge in [0, 0.05) is 25.2 Å². The van der Waals surface area contributed by atoms with Crippen LogP contribution in [0.15, 0.2) is 47.3 Å². The van der Waals surface area contributed by atoms with Gasteiger partial charge in [0.15, 0.2) is 0 Å². The molecule has 0 bridgehead atoms. The summed E-state index contributed by atoms with van der Waals surface area (Å²) in [6.07, 6.45) is 3.86. The second kappa shape index (κ2) is 9.61. The van der Waals surface area contributed by atoms with Crippen molar-refractivity contribution < 1.29 is 18.7 Å². The summed E-state index contributed by atoms with van der Waals surface area (Å²) in [5.74, 6) is -1.37. The van der Waals surface area contributed by atoms with Crippen molar-refractivity contribution in [2.75, 3.05) is 13.1 Å². The summed E-state index contributed by atoms with van der Waals surface area (Å²) in [7, 11) is 0. The molecule has 0 radical (unpaired) electrons. The first-order valence-corrected chi connectivity index (χ1v) is 11.3. The monoisotopic (exact) mass is 445 g/mol. The molecule has 7 heteroatoms. The molecule has 3 rings (SSSR count). The molecular formula is C25H33F2N3O2. The number of carbonyl (C=O) groups is 1. The Morgan fingerprint density at radius 2 is 1.97 bits per heavy atom. The number of aliphatic hydroxyl groups excluding tert-OH is 1. The average molecular weight is 446 g/mol. The number of benzene rings is 1. The number of rotatable bonds is 6. The van der Waals surface area contributed by atoms with E-state index in [2.05, 4.69) is 30.7 Å².